The Hall–Kier alpha value is -1.15. The van der Waals surface area contributed by atoms with Gasteiger partial charge in [0.15, 0.2) is 0 Å². The second-order valence-electron chi connectivity index (χ2n) is 5.05. The normalized spacial score (nSPS) is 21.1. The zero-order valence-electron chi connectivity index (χ0n) is 11.9. The SMILES string of the molecule is CNS(=O)(=O)c1ccc(N2CCN(C)CC2CN)cc1. The smallest absolute Gasteiger partial charge is 0.240 e. The number of nitrogens with one attached hydrogen (secondary N) is 1. The lowest BCUT2D eigenvalue weighted by molar-refractivity contribution is 0.270. The molecular formula is C13H22N4O2S. The van der Waals surface area contributed by atoms with Crippen LogP contribution in [0.4, 0.5) is 5.69 Å². The number of hydrogen-bond acceptors (Lipinski definition) is 5. The maximum absolute atomic E-state index is 11.7. The van der Waals surface area contributed by atoms with E-state index in [4.69, 9.17) is 5.73 Å². The van der Waals surface area contributed by atoms with E-state index >= 15 is 0 Å². The molecule has 0 bridgehead atoms. The summed E-state index contributed by atoms with van der Waals surface area (Å²) < 4.78 is 25.7. The summed E-state index contributed by atoms with van der Waals surface area (Å²) in [7, 11) is 0.122. The van der Waals surface area contributed by atoms with E-state index in [1.54, 1.807) is 12.1 Å². The molecule has 1 aliphatic heterocycles. The molecule has 7 heteroatoms. The highest BCUT2D eigenvalue weighted by Crippen LogP contribution is 2.22. The minimum Gasteiger partial charge on any atom is -0.365 e. The topological polar surface area (TPSA) is 78.7 Å². The Morgan fingerprint density at radius 3 is 2.50 bits per heavy atom. The molecule has 0 spiro atoms. The Labute approximate surface area is 120 Å². The van der Waals surface area contributed by atoms with E-state index in [9.17, 15) is 8.42 Å². The minimum atomic E-state index is -3.37. The zero-order chi connectivity index (χ0) is 14.8. The van der Waals surface area contributed by atoms with Crippen LogP contribution in [0.15, 0.2) is 29.2 Å². The highest BCUT2D eigenvalue weighted by Gasteiger charge is 2.24. The van der Waals surface area contributed by atoms with Gasteiger partial charge in [-0.3, -0.25) is 0 Å². The van der Waals surface area contributed by atoms with Crippen molar-refractivity contribution in [1.29, 1.82) is 0 Å². The van der Waals surface area contributed by atoms with Gasteiger partial charge in [-0.1, -0.05) is 0 Å². The lowest BCUT2D eigenvalue weighted by Gasteiger charge is -2.41. The molecule has 1 heterocycles. The average Bonchev–Trinajstić information content (AvgIpc) is 2.47. The van der Waals surface area contributed by atoms with Gasteiger partial charge >= 0.3 is 0 Å². The number of anilines is 1. The van der Waals surface area contributed by atoms with Crippen molar-refractivity contribution >= 4 is 15.7 Å². The Morgan fingerprint density at radius 2 is 1.95 bits per heavy atom. The fourth-order valence-electron chi connectivity index (χ4n) is 2.49. The second kappa shape index (κ2) is 6.09. The predicted octanol–water partition coefficient (Wildman–Crippen LogP) is -0.326. The van der Waals surface area contributed by atoms with Crippen molar-refractivity contribution in [3.05, 3.63) is 24.3 Å². The van der Waals surface area contributed by atoms with Crippen molar-refractivity contribution in [3.8, 4) is 0 Å². The van der Waals surface area contributed by atoms with E-state index in [-0.39, 0.29) is 10.9 Å². The van der Waals surface area contributed by atoms with Gasteiger partial charge in [0.1, 0.15) is 0 Å². The third-order valence-electron chi connectivity index (χ3n) is 3.71. The Morgan fingerprint density at radius 1 is 1.30 bits per heavy atom. The van der Waals surface area contributed by atoms with Gasteiger partial charge in [0.2, 0.25) is 10.0 Å². The molecule has 1 aromatic carbocycles. The fourth-order valence-corrected chi connectivity index (χ4v) is 3.22. The molecule has 112 valence electrons. The lowest BCUT2D eigenvalue weighted by Crippen LogP contribution is -2.55. The quantitative estimate of drug-likeness (QED) is 0.796. The Kier molecular flexibility index (Phi) is 4.64. The summed E-state index contributed by atoms with van der Waals surface area (Å²) >= 11 is 0. The molecule has 6 nitrogen and oxygen atoms in total. The van der Waals surface area contributed by atoms with Crippen molar-refractivity contribution in [2.24, 2.45) is 5.73 Å². The van der Waals surface area contributed by atoms with Gasteiger partial charge in [0, 0.05) is 31.9 Å². The molecule has 0 saturated carbocycles. The first kappa shape index (κ1) is 15.2. The molecule has 20 heavy (non-hydrogen) atoms. The maximum Gasteiger partial charge on any atom is 0.240 e. The summed E-state index contributed by atoms with van der Waals surface area (Å²) in [5, 5.41) is 0. The van der Waals surface area contributed by atoms with Crippen LogP contribution in [0.3, 0.4) is 0 Å². The summed E-state index contributed by atoms with van der Waals surface area (Å²) in [4.78, 5) is 4.78. The largest absolute Gasteiger partial charge is 0.365 e. The standard InChI is InChI=1S/C13H22N4O2S/c1-15-20(18,19)13-5-3-11(4-6-13)17-8-7-16(2)10-12(17)9-14/h3-6,12,15H,7-10,14H2,1-2H3. The Balaban J connectivity index is 2.21. The van der Waals surface area contributed by atoms with Gasteiger partial charge in [0.25, 0.3) is 0 Å². The van der Waals surface area contributed by atoms with Crippen LogP contribution in [0, 0.1) is 0 Å². The van der Waals surface area contributed by atoms with E-state index < -0.39 is 10.0 Å². The lowest BCUT2D eigenvalue weighted by atomic mass is 10.1. The van der Waals surface area contributed by atoms with E-state index in [1.807, 2.05) is 12.1 Å². The van der Waals surface area contributed by atoms with Gasteiger partial charge in [-0.15, -0.1) is 0 Å². The predicted molar refractivity (Wildman–Crippen MR) is 80.4 cm³/mol. The highest BCUT2D eigenvalue weighted by atomic mass is 32.2. The number of likely N-dealkylation sites (N-methyl/N-ethyl adjacent to an activating group) is 1. The van der Waals surface area contributed by atoms with Gasteiger partial charge in [0.05, 0.1) is 10.9 Å². The number of hydrogen-bond donors (Lipinski definition) is 2. The van der Waals surface area contributed by atoms with Crippen LogP contribution >= 0.6 is 0 Å². The molecule has 1 aliphatic rings. The summed E-state index contributed by atoms with van der Waals surface area (Å²) in [5.41, 5.74) is 6.86. The molecule has 1 aromatic rings. The van der Waals surface area contributed by atoms with Crippen LogP contribution in [0.5, 0.6) is 0 Å². The van der Waals surface area contributed by atoms with Crippen LogP contribution in [0.1, 0.15) is 0 Å². The van der Waals surface area contributed by atoms with Crippen molar-refractivity contribution in [3.63, 3.8) is 0 Å². The van der Waals surface area contributed by atoms with Crippen LogP contribution in [-0.2, 0) is 10.0 Å². The highest BCUT2D eigenvalue weighted by molar-refractivity contribution is 7.89. The number of piperazine rings is 1. The summed E-state index contributed by atoms with van der Waals surface area (Å²) in [6.45, 7) is 3.39. The van der Waals surface area contributed by atoms with Crippen molar-refractivity contribution in [1.82, 2.24) is 9.62 Å². The van der Waals surface area contributed by atoms with E-state index in [2.05, 4.69) is 21.6 Å². The molecule has 1 fully saturated rings. The molecule has 1 atom stereocenters. The van der Waals surface area contributed by atoms with Gasteiger partial charge in [-0.2, -0.15) is 0 Å². The number of sulfonamides is 1. The maximum atomic E-state index is 11.7. The van der Waals surface area contributed by atoms with Gasteiger partial charge in [-0.05, 0) is 38.4 Å². The molecule has 0 aliphatic carbocycles. The summed E-state index contributed by atoms with van der Waals surface area (Å²) in [5.74, 6) is 0. The van der Waals surface area contributed by atoms with Gasteiger partial charge < -0.3 is 15.5 Å². The molecule has 0 radical (unpaired) electrons. The van der Waals surface area contributed by atoms with E-state index in [0.717, 1.165) is 25.3 Å². The third kappa shape index (κ3) is 3.12. The minimum absolute atomic E-state index is 0.264. The number of nitrogens with two attached hydrogens (primary N) is 1. The second-order valence-corrected chi connectivity index (χ2v) is 6.93. The Bertz CT molecular complexity index is 544. The molecule has 0 amide bonds. The summed E-state index contributed by atoms with van der Waals surface area (Å²) in [6.07, 6.45) is 0. The monoisotopic (exact) mass is 298 g/mol. The number of rotatable bonds is 4. The number of benzene rings is 1. The van der Waals surface area contributed by atoms with Crippen LogP contribution in [0.2, 0.25) is 0 Å². The van der Waals surface area contributed by atoms with E-state index in [1.165, 1.54) is 7.05 Å². The first-order valence-corrected chi connectivity index (χ1v) is 8.15. The van der Waals surface area contributed by atoms with Gasteiger partial charge in [-0.25, -0.2) is 13.1 Å². The van der Waals surface area contributed by atoms with Crippen molar-refractivity contribution in [2.75, 3.05) is 45.2 Å². The first-order chi connectivity index (χ1) is 9.47. The molecular weight excluding hydrogens is 276 g/mol. The molecule has 0 aromatic heterocycles. The van der Waals surface area contributed by atoms with Crippen LogP contribution < -0.4 is 15.4 Å². The van der Waals surface area contributed by atoms with Crippen LogP contribution in [-0.4, -0.2) is 59.6 Å². The van der Waals surface area contributed by atoms with Crippen molar-refractivity contribution in [2.45, 2.75) is 10.9 Å². The van der Waals surface area contributed by atoms with Crippen LogP contribution in [0.25, 0.3) is 0 Å². The fraction of sp³-hybridized carbons (Fsp3) is 0.538. The third-order valence-corrected chi connectivity index (χ3v) is 5.14. The molecule has 1 unspecified atom stereocenters. The molecule has 3 N–H and O–H groups in total. The van der Waals surface area contributed by atoms with E-state index in [0.29, 0.717) is 6.54 Å². The average molecular weight is 298 g/mol. The molecule has 1 saturated heterocycles. The summed E-state index contributed by atoms with van der Waals surface area (Å²) in [6, 6.07) is 7.22. The first-order valence-electron chi connectivity index (χ1n) is 6.67. The number of nitrogens with zero attached hydrogens (tertiary/aromatic N) is 2. The zero-order valence-corrected chi connectivity index (χ0v) is 12.7. The molecule has 2 rings (SSSR count). The van der Waals surface area contributed by atoms with Crippen molar-refractivity contribution < 1.29 is 8.42 Å².